The van der Waals surface area contributed by atoms with Crippen LogP contribution in [0.5, 0.6) is 0 Å². The SMILES string of the molecule is Nc1sc(C2CC2c2ccccc2)nc1C(=O)O. The second kappa shape index (κ2) is 4.10. The molecule has 1 aromatic carbocycles. The summed E-state index contributed by atoms with van der Waals surface area (Å²) in [5, 5.41) is 10.1. The van der Waals surface area contributed by atoms with Crippen LogP contribution in [-0.4, -0.2) is 16.1 Å². The van der Waals surface area contributed by atoms with Crippen LogP contribution in [0.2, 0.25) is 0 Å². The van der Waals surface area contributed by atoms with Gasteiger partial charge >= 0.3 is 5.97 Å². The lowest BCUT2D eigenvalue weighted by Gasteiger charge is -1.97. The van der Waals surface area contributed by atoms with Crippen LogP contribution in [0.25, 0.3) is 0 Å². The Kier molecular flexibility index (Phi) is 2.56. The van der Waals surface area contributed by atoms with Gasteiger partial charge in [-0.3, -0.25) is 0 Å². The summed E-state index contributed by atoms with van der Waals surface area (Å²) in [6.07, 6.45) is 1.02. The van der Waals surface area contributed by atoms with Crippen molar-refractivity contribution in [2.24, 2.45) is 0 Å². The molecular formula is C13H12N2O2S. The van der Waals surface area contributed by atoms with E-state index in [2.05, 4.69) is 17.1 Å². The highest BCUT2D eigenvalue weighted by Gasteiger charge is 2.42. The van der Waals surface area contributed by atoms with E-state index in [-0.39, 0.29) is 5.69 Å². The number of nitrogen functional groups attached to an aromatic ring is 1. The van der Waals surface area contributed by atoms with Crippen LogP contribution in [0, 0.1) is 0 Å². The molecule has 0 bridgehead atoms. The average molecular weight is 260 g/mol. The minimum atomic E-state index is -1.05. The number of carboxylic acid groups (broad SMARTS) is 1. The van der Waals surface area contributed by atoms with Gasteiger partial charge in [0.25, 0.3) is 0 Å². The molecule has 2 atom stereocenters. The van der Waals surface area contributed by atoms with Crippen LogP contribution < -0.4 is 5.73 Å². The predicted molar refractivity (Wildman–Crippen MR) is 70.0 cm³/mol. The Hall–Kier alpha value is -1.88. The molecule has 92 valence electrons. The molecule has 2 unspecified atom stereocenters. The third kappa shape index (κ3) is 1.86. The summed E-state index contributed by atoms with van der Waals surface area (Å²) < 4.78 is 0. The molecule has 3 N–H and O–H groups in total. The van der Waals surface area contributed by atoms with E-state index in [1.54, 1.807) is 0 Å². The third-order valence-corrected chi connectivity index (χ3v) is 4.22. The van der Waals surface area contributed by atoms with E-state index >= 15 is 0 Å². The van der Waals surface area contributed by atoms with Crippen LogP contribution in [-0.2, 0) is 0 Å². The smallest absolute Gasteiger partial charge is 0.357 e. The van der Waals surface area contributed by atoms with Crippen molar-refractivity contribution in [3.05, 3.63) is 46.6 Å². The highest BCUT2D eigenvalue weighted by Crippen LogP contribution is 2.55. The largest absolute Gasteiger partial charge is 0.476 e. The fourth-order valence-electron chi connectivity index (χ4n) is 2.20. The molecule has 3 rings (SSSR count). The zero-order chi connectivity index (χ0) is 12.7. The molecule has 1 fully saturated rings. The molecule has 0 saturated heterocycles. The van der Waals surface area contributed by atoms with Crippen LogP contribution in [0.1, 0.15) is 39.3 Å². The van der Waals surface area contributed by atoms with E-state index in [4.69, 9.17) is 10.8 Å². The Morgan fingerprint density at radius 1 is 1.33 bits per heavy atom. The zero-order valence-electron chi connectivity index (χ0n) is 9.54. The number of anilines is 1. The summed E-state index contributed by atoms with van der Waals surface area (Å²) in [5.74, 6) is -0.266. The van der Waals surface area contributed by atoms with E-state index in [1.165, 1.54) is 16.9 Å². The van der Waals surface area contributed by atoms with Gasteiger partial charge in [0.1, 0.15) is 5.00 Å². The van der Waals surface area contributed by atoms with Crippen molar-refractivity contribution in [1.29, 1.82) is 0 Å². The monoisotopic (exact) mass is 260 g/mol. The number of hydrogen-bond acceptors (Lipinski definition) is 4. The number of carbonyl (C=O) groups is 1. The summed E-state index contributed by atoms with van der Waals surface area (Å²) in [7, 11) is 0. The van der Waals surface area contributed by atoms with E-state index in [9.17, 15) is 4.79 Å². The fraction of sp³-hybridized carbons (Fsp3) is 0.231. The number of thiazole rings is 1. The maximum absolute atomic E-state index is 10.9. The molecule has 1 aromatic heterocycles. The molecule has 1 saturated carbocycles. The average Bonchev–Trinajstić information content (AvgIpc) is 3.07. The number of rotatable bonds is 3. The van der Waals surface area contributed by atoms with Gasteiger partial charge in [-0.2, -0.15) is 0 Å². The van der Waals surface area contributed by atoms with Gasteiger partial charge in [-0.05, 0) is 17.9 Å². The molecule has 1 heterocycles. The summed E-state index contributed by atoms with van der Waals surface area (Å²) in [6, 6.07) is 10.2. The molecule has 4 nitrogen and oxygen atoms in total. The summed E-state index contributed by atoms with van der Waals surface area (Å²) in [4.78, 5) is 15.0. The Balaban J connectivity index is 1.83. The minimum Gasteiger partial charge on any atom is -0.476 e. The lowest BCUT2D eigenvalue weighted by atomic mass is 10.1. The Labute approximate surface area is 108 Å². The van der Waals surface area contributed by atoms with Crippen molar-refractivity contribution < 1.29 is 9.90 Å². The molecule has 0 aliphatic heterocycles. The normalized spacial score (nSPS) is 21.8. The predicted octanol–water partition coefficient (Wildman–Crippen LogP) is 2.69. The first-order valence-electron chi connectivity index (χ1n) is 5.71. The van der Waals surface area contributed by atoms with Crippen molar-refractivity contribution >= 4 is 22.3 Å². The number of benzene rings is 1. The van der Waals surface area contributed by atoms with Gasteiger partial charge in [0.2, 0.25) is 0 Å². The van der Waals surface area contributed by atoms with Crippen molar-refractivity contribution in [3.8, 4) is 0 Å². The number of aromatic nitrogens is 1. The number of nitrogens with zero attached hydrogens (tertiary/aromatic N) is 1. The first-order valence-corrected chi connectivity index (χ1v) is 6.53. The Bertz CT molecular complexity index is 594. The van der Waals surface area contributed by atoms with Gasteiger partial charge in [-0.25, -0.2) is 9.78 Å². The van der Waals surface area contributed by atoms with Gasteiger partial charge in [-0.1, -0.05) is 30.3 Å². The number of hydrogen-bond donors (Lipinski definition) is 2. The minimum absolute atomic E-state index is 0.00582. The van der Waals surface area contributed by atoms with Crippen molar-refractivity contribution in [3.63, 3.8) is 0 Å². The number of carboxylic acids is 1. The maximum Gasteiger partial charge on any atom is 0.357 e. The Morgan fingerprint density at radius 2 is 2.06 bits per heavy atom. The number of aromatic carboxylic acids is 1. The maximum atomic E-state index is 10.9. The molecular weight excluding hydrogens is 248 g/mol. The molecule has 0 amide bonds. The zero-order valence-corrected chi connectivity index (χ0v) is 10.4. The second-order valence-electron chi connectivity index (χ2n) is 4.43. The molecule has 0 radical (unpaired) electrons. The lowest BCUT2D eigenvalue weighted by Crippen LogP contribution is -2.00. The van der Waals surface area contributed by atoms with E-state index < -0.39 is 5.97 Å². The summed E-state index contributed by atoms with van der Waals surface area (Å²) in [6.45, 7) is 0. The van der Waals surface area contributed by atoms with E-state index in [0.717, 1.165) is 11.4 Å². The highest BCUT2D eigenvalue weighted by atomic mass is 32.1. The Morgan fingerprint density at radius 3 is 2.67 bits per heavy atom. The first-order chi connectivity index (χ1) is 8.66. The van der Waals surface area contributed by atoms with Crippen LogP contribution in [0.3, 0.4) is 0 Å². The second-order valence-corrected chi connectivity index (χ2v) is 5.49. The van der Waals surface area contributed by atoms with Gasteiger partial charge in [0.15, 0.2) is 5.69 Å². The molecule has 1 aliphatic carbocycles. The molecule has 18 heavy (non-hydrogen) atoms. The van der Waals surface area contributed by atoms with Gasteiger partial charge in [0, 0.05) is 5.92 Å². The van der Waals surface area contributed by atoms with Crippen LogP contribution in [0.4, 0.5) is 5.00 Å². The third-order valence-electron chi connectivity index (χ3n) is 3.21. The van der Waals surface area contributed by atoms with Crippen molar-refractivity contribution in [1.82, 2.24) is 4.98 Å². The van der Waals surface area contributed by atoms with Gasteiger partial charge in [-0.15, -0.1) is 11.3 Å². The molecule has 2 aromatic rings. The highest BCUT2D eigenvalue weighted by molar-refractivity contribution is 7.16. The molecule has 1 aliphatic rings. The van der Waals surface area contributed by atoms with Crippen LogP contribution in [0.15, 0.2) is 30.3 Å². The van der Waals surface area contributed by atoms with Crippen LogP contribution >= 0.6 is 11.3 Å². The molecule has 5 heteroatoms. The lowest BCUT2D eigenvalue weighted by molar-refractivity contribution is 0.0692. The van der Waals surface area contributed by atoms with Gasteiger partial charge in [0.05, 0.1) is 5.01 Å². The fourth-order valence-corrected chi connectivity index (χ4v) is 3.20. The number of nitrogens with two attached hydrogens (primary N) is 1. The molecule has 0 spiro atoms. The first kappa shape index (κ1) is 11.2. The summed E-state index contributed by atoms with van der Waals surface area (Å²) in [5.41, 5.74) is 6.95. The topological polar surface area (TPSA) is 76.2 Å². The van der Waals surface area contributed by atoms with E-state index in [0.29, 0.717) is 16.8 Å². The quantitative estimate of drug-likeness (QED) is 0.889. The standard InChI is InChI=1S/C13H12N2O2S/c14-11-10(13(16)17)15-12(18-11)9-6-8(9)7-4-2-1-3-5-7/h1-5,8-9H,6,14H2,(H,16,17). The van der Waals surface area contributed by atoms with Crippen molar-refractivity contribution in [2.45, 2.75) is 18.3 Å². The summed E-state index contributed by atoms with van der Waals surface area (Å²) >= 11 is 1.30. The van der Waals surface area contributed by atoms with E-state index in [1.807, 2.05) is 18.2 Å². The van der Waals surface area contributed by atoms with Gasteiger partial charge < -0.3 is 10.8 Å². The van der Waals surface area contributed by atoms with Crippen molar-refractivity contribution in [2.75, 3.05) is 5.73 Å².